The SMILES string of the molecule is COCCN1CC2(CCN(Cc3scnc3C)CC2)C[C@H]1COC. The summed E-state index contributed by atoms with van der Waals surface area (Å²) in [5.41, 5.74) is 3.65. The monoisotopic (exact) mass is 353 g/mol. The Morgan fingerprint density at radius 2 is 2.08 bits per heavy atom. The predicted octanol–water partition coefficient (Wildman–Crippen LogP) is 2.40. The summed E-state index contributed by atoms with van der Waals surface area (Å²) in [4.78, 5) is 11.0. The fraction of sp³-hybridized carbons (Fsp3) is 0.833. The minimum Gasteiger partial charge on any atom is -0.383 e. The van der Waals surface area contributed by atoms with Crippen molar-refractivity contribution in [2.75, 3.05) is 53.6 Å². The van der Waals surface area contributed by atoms with Crippen molar-refractivity contribution in [3.63, 3.8) is 0 Å². The van der Waals surface area contributed by atoms with E-state index in [9.17, 15) is 0 Å². The van der Waals surface area contributed by atoms with E-state index in [2.05, 4.69) is 21.7 Å². The Labute approximate surface area is 150 Å². The Morgan fingerprint density at radius 1 is 1.29 bits per heavy atom. The van der Waals surface area contributed by atoms with E-state index in [-0.39, 0.29) is 0 Å². The zero-order chi connectivity index (χ0) is 17.0. The molecule has 0 unspecified atom stereocenters. The summed E-state index contributed by atoms with van der Waals surface area (Å²) in [6, 6.07) is 0.556. The van der Waals surface area contributed by atoms with Gasteiger partial charge in [0.25, 0.3) is 0 Å². The summed E-state index contributed by atoms with van der Waals surface area (Å²) < 4.78 is 10.8. The molecular formula is C18H31N3O2S. The molecule has 2 saturated heterocycles. The molecule has 2 aliphatic heterocycles. The average Bonchev–Trinajstić information content (AvgIpc) is 3.13. The van der Waals surface area contributed by atoms with Gasteiger partial charge in [-0.2, -0.15) is 0 Å². The molecule has 3 heterocycles. The summed E-state index contributed by atoms with van der Waals surface area (Å²) in [6.07, 6.45) is 3.88. The van der Waals surface area contributed by atoms with Gasteiger partial charge in [-0.1, -0.05) is 0 Å². The number of aromatic nitrogens is 1. The Bertz CT molecular complexity index is 514. The molecule has 2 fully saturated rings. The third-order valence-corrected chi connectivity index (χ3v) is 6.71. The molecule has 3 rings (SSSR count). The molecule has 0 aliphatic carbocycles. The van der Waals surface area contributed by atoms with Gasteiger partial charge in [-0.15, -0.1) is 11.3 Å². The van der Waals surface area contributed by atoms with Gasteiger partial charge in [-0.05, 0) is 44.7 Å². The van der Waals surface area contributed by atoms with Crippen molar-refractivity contribution in [1.29, 1.82) is 0 Å². The molecule has 1 atom stereocenters. The van der Waals surface area contributed by atoms with Crippen LogP contribution in [0.2, 0.25) is 0 Å². The van der Waals surface area contributed by atoms with E-state index in [0.29, 0.717) is 11.5 Å². The van der Waals surface area contributed by atoms with E-state index in [1.165, 1.54) is 49.5 Å². The molecule has 5 nitrogen and oxygen atoms in total. The molecule has 24 heavy (non-hydrogen) atoms. The number of aryl methyl sites for hydroxylation is 1. The van der Waals surface area contributed by atoms with Gasteiger partial charge in [0.1, 0.15) is 0 Å². The number of hydrogen-bond donors (Lipinski definition) is 0. The quantitative estimate of drug-likeness (QED) is 0.752. The normalized spacial score (nSPS) is 24.9. The van der Waals surface area contributed by atoms with Crippen LogP contribution in [0.1, 0.15) is 29.8 Å². The minimum absolute atomic E-state index is 0.482. The number of rotatable bonds is 7. The lowest BCUT2D eigenvalue weighted by Gasteiger charge is -2.39. The highest BCUT2D eigenvalue weighted by Gasteiger charge is 2.45. The van der Waals surface area contributed by atoms with Crippen molar-refractivity contribution in [3.8, 4) is 0 Å². The van der Waals surface area contributed by atoms with Crippen LogP contribution in [0.3, 0.4) is 0 Å². The topological polar surface area (TPSA) is 37.8 Å². The van der Waals surface area contributed by atoms with E-state index in [0.717, 1.165) is 26.3 Å². The van der Waals surface area contributed by atoms with Gasteiger partial charge in [0.05, 0.1) is 24.4 Å². The number of thiazole rings is 1. The second-order valence-corrected chi connectivity index (χ2v) is 8.35. The zero-order valence-corrected chi connectivity index (χ0v) is 16.1. The van der Waals surface area contributed by atoms with Crippen molar-refractivity contribution < 1.29 is 9.47 Å². The van der Waals surface area contributed by atoms with Gasteiger partial charge < -0.3 is 9.47 Å². The molecule has 6 heteroatoms. The summed E-state index contributed by atoms with van der Waals surface area (Å²) in [7, 11) is 3.61. The number of nitrogens with zero attached hydrogens (tertiary/aromatic N) is 3. The van der Waals surface area contributed by atoms with Gasteiger partial charge in [-0.25, -0.2) is 4.98 Å². The van der Waals surface area contributed by atoms with Crippen molar-refractivity contribution >= 4 is 11.3 Å². The number of hydrogen-bond acceptors (Lipinski definition) is 6. The molecule has 136 valence electrons. The maximum absolute atomic E-state index is 5.48. The van der Waals surface area contributed by atoms with Crippen LogP contribution < -0.4 is 0 Å². The first-order valence-electron chi connectivity index (χ1n) is 8.99. The summed E-state index contributed by atoms with van der Waals surface area (Å²) >= 11 is 1.79. The highest BCUT2D eigenvalue weighted by Crippen LogP contribution is 2.43. The van der Waals surface area contributed by atoms with Crippen LogP contribution in [0.15, 0.2) is 5.51 Å². The Hall–Kier alpha value is -0.530. The first-order valence-corrected chi connectivity index (χ1v) is 9.87. The summed E-state index contributed by atoms with van der Waals surface area (Å²) in [6.45, 7) is 9.49. The Kier molecular flexibility index (Phi) is 6.27. The van der Waals surface area contributed by atoms with Crippen LogP contribution >= 0.6 is 11.3 Å². The number of likely N-dealkylation sites (tertiary alicyclic amines) is 2. The van der Waals surface area contributed by atoms with Crippen molar-refractivity contribution in [2.24, 2.45) is 5.41 Å². The predicted molar refractivity (Wildman–Crippen MR) is 97.5 cm³/mol. The van der Waals surface area contributed by atoms with E-state index < -0.39 is 0 Å². The molecule has 1 spiro atoms. The van der Waals surface area contributed by atoms with Gasteiger partial charge >= 0.3 is 0 Å². The van der Waals surface area contributed by atoms with Gasteiger partial charge in [-0.3, -0.25) is 9.80 Å². The molecule has 0 saturated carbocycles. The van der Waals surface area contributed by atoms with Gasteiger partial charge in [0.2, 0.25) is 0 Å². The lowest BCUT2D eigenvalue weighted by molar-refractivity contribution is 0.0859. The lowest BCUT2D eigenvalue weighted by Crippen LogP contribution is -2.41. The smallest absolute Gasteiger partial charge is 0.0798 e. The van der Waals surface area contributed by atoms with Gasteiger partial charge in [0.15, 0.2) is 0 Å². The van der Waals surface area contributed by atoms with Gasteiger partial charge in [0, 0.05) is 44.8 Å². The third-order valence-electron chi connectivity index (χ3n) is 5.79. The molecule has 0 N–H and O–H groups in total. The zero-order valence-electron chi connectivity index (χ0n) is 15.3. The molecule has 0 amide bonds. The first kappa shape index (κ1) is 18.3. The minimum atomic E-state index is 0.482. The second-order valence-electron chi connectivity index (χ2n) is 7.41. The molecule has 2 aliphatic rings. The Morgan fingerprint density at radius 3 is 2.71 bits per heavy atom. The fourth-order valence-corrected chi connectivity index (χ4v) is 5.13. The van der Waals surface area contributed by atoms with Crippen molar-refractivity contribution in [1.82, 2.24) is 14.8 Å². The molecule has 1 aromatic heterocycles. The largest absolute Gasteiger partial charge is 0.383 e. The number of ether oxygens (including phenoxy) is 2. The highest BCUT2D eigenvalue weighted by molar-refractivity contribution is 7.09. The van der Waals surface area contributed by atoms with E-state index >= 15 is 0 Å². The van der Waals surface area contributed by atoms with Crippen LogP contribution in [0.25, 0.3) is 0 Å². The number of piperidine rings is 1. The molecule has 1 aromatic rings. The molecule has 0 radical (unpaired) electrons. The second kappa shape index (κ2) is 8.23. The molecular weight excluding hydrogens is 322 g/mol. The van der Waals surface area contributed by atoms with Crippen LogP contribution in [0, 0.1) is 12.3 Å². The van der Waals surface area contributed by atoms with Crippen molar-refractivity contribution in [3.05, 3.63) is 16.1 Å². The summed E-state index contributed by atoms with van der Waals surface area (Å²) in [5, 5.41) is 0. The maximum Gasteiger partial charge on any atom is 0.0798 e. The molecule has 0 aromatic carbocycles. The molecule has 0 bridgehead atoms. The van der Waals surface area contributed by atoms with Crippen LogP contribution in [-0.2, 0) is 16.0 Å². The maximum atomic E-state index is 5.48. The summed E-state index contributed by atoms with van der Waals surface area (Å²) in [5.74, 6) is 0. The third kappa shape index (κ3) is 4.17. The van der Waals surface area contributed by atoms with E-state index in [1.807, 2.05) is 12.6 Å². The van der Waals surface area contributed by atoms with Crippen LogP contribution in [-0.4, -0.2) is 74.4 Å². The van der Waals surface area contributed by atoms with E-state index in [4.69, 9.17) is 9.47 Å². The Balaban J connectivity index is 1.55. The lowest BCUT2D eigenvalue weighted by atomic mass is 9.76. The fourth-order valence-electron chi connectivity index (χ4n) is 4.31. The standard InChI is InChI=1S/C18H31N3O2S/c1-15-17(24-14-19-15)11-20-6-4-18(5-7-20)10-16(12-23-3)21(13-18)8-9-22-2/h14,16H,4-13H2,1-3H3/t16-/m0/s1. The van der Waals surface area contributed by atoms with Crippen molar-refractivity contribution in [2.45, 2.75) is 38.8 Å². The van der Waals surface area contributed by atoms with Crippen LogP contribution in [0.4, 0.5) is 0 Å². The average molecular weight is 354 g/mol. The number of methoxy groups -OCH3 is 2. The first-order chi connectivity index (χ1) is 11.7. The van der Waals surface area contributed by atoms with E-state index in [1.54, 1.807) is 18.4 Å². The van der Waals surface area contributed by atoms with Crippen LogP contribution in [0.5, 0.6) is 0 Å². The highest BCUT2D eigenvalue weighted by atomic mass is 32.1.